The topological polar surface area (TPSA) is 53.9 Å². The fourth-order valence-corrected chi connectivity index (χ4v) is 5.96. The highest BCUT2D eigenvalue weighted by Gasteiger charge is 2.14. The zero-order valence-corrected chi connectivity index (χ0v) is 19.9. The molecule has 5 nitrogen and oxygen atoms in total. The molecule has 0 amide bonds. The Hall–Kier alpha value is -1.77. The van der Waals surface area contributed by atoms with E-state index in [1.807, 2.05) is 11.8 Å². The van der Waals surface area contributed by atoms with Gasteiger partial charge in [0.15, 0.2) is 4.34 Å². The number of aromatic nitrogens is 3. The summed E-state index contributed by atoms with van der Waals surface area (Å²) in [5.74, 6) is 4.11. The first-order valence-corrected chi connectivity index (χ1v) is 13.2. The quantitative estimate of drug-likeness (QED) is 0.463. The van der Waals surface area contributed by atoms with Crippen molar-refractivity contribution in [2.45, 2.75) is 36.9 Å². The molecule has 0 spiro atoms. The van der Waals surface area contributed by atoms with Crippen LogP contribution in [0.2, 0.25) is 0 Å². The summed E-state index contributed by atoms with van der Waals surface area (Å²) in [6.07, 6.45) is 0.936. The Morgan fingerprint density at radius 2 is 2.00 bits per heavy atom. The van der Waals surface area contributed by atoms with Gasteiger partial charge in [0.25, 0.3) is 0 Å². The van der Waals surface area contributed by atoms with Gasteiger partial charge in [-0.2, -0.15) is 11.8 Å². The van der Waals surface area contributed by atoms with Crippen molar-refractivity contribution in [1.29, 1.82) is 0 Å². The summed E-state index contributed by atoms with van der Waals surface area (Å²) in [7, 11) is 0. The Kier molecular flexibility index (Phi) is 7.52. The van der Waals surface area contributed by atoms with Gasteiger partial charge in [0.1, 0.15) is 10.8 Å². The molecule has 2 aromatic heterocycles. The number of nitrogens with one attached hydrogen (secondary N) is 1. The van der Waals surface area contributed by atoms with Gasteiger partial charge in [0.2, 0.25) is 0 Å². The molecule has 0 unspecified atom stereocenters. The summed E-state index contributed by atoms with van der Waals surface area (Å²) in [4.78, 5) is 7.38. The standard InChI is InChI=1S/C22H27N5S3/c1-3-21-25-26-22(30-21)29-15-18-12-19(27-7-9-28-10-8-27)13-20(24-18)23-14-17-6-4-5-16(2)11-17/h4-6,11-13H,3,7-10,14-15H2,1-2H3,(H,23,24). The first kappa shape index (κ1) is 21.5. The van der Waals surface area contributed by atoms with E-state index in [1.165, 1.54) is 28.3 Å². The summed E-state index contributed by atoms with van der Waals surface area (Å²) in [5, 5.41) is 13.2. The second-order valence-corrected chi connectivity index (χ2v) is 10.8. The number of aryl methyl sites for hydroxylation is 2. The number of hydrogen-bond acceptors (Lipinski definition) is 8. The van der Waals surface area contributed by atoms with Crippen molar-refractivity contribution in [3.63, 3.8) is 0 Å². The molecule has 8 heteroatoms. The fraction of sp³-hybridized carbons (Fsp3) is 0.409. The van der Waals surface area contributed by atoms with Gasteiger partial charge in [-0.15, -0.1) is 10.2 Å². The predicted molar refractivity (Wildman–Crippen MR) is 131 cm³/mol. The first-order chi connectivity index (χ1) is 14.7. The molecular weight excluding hydrogens is 430 g/mol. The van der Waals surface area contributed by atoms with Gasteiger partial charge in [-0.05, 0) is 25.0 Å². The van der Waals surface area contributed by atoms with Crippen LogP contribution in [0.25, 0.3) is 0 Å². The number of nitrogens with zero attached hydrogens (tertiary/aromatic N) is 4. The van der Waals surface area contributed by atoms with E-state index in [4.69, 9.17) is 4.98 Å². The van der Waals surface area contributed by atoms with E-state index in [0.717, 1.165) is 52.7 Å². The lowest BCUT2D eigenvalue weighted by atomic mass is 10.1. The van der Waals surface area contributed by atoms with Crippen LogP contribution in [-0.4, -0.2) is 39.8 Å². The second kappa shape index (κ2) is 10.5. The van der Waals surface area contributed by atoms with Crippen molar-refractivity contribution in [3.8, 4) is 0 Å². The van der Waals surface area contributed by atoms with Gasteiger partial charge >= 0.3 is 0 Å². The number of thioether (sulfide) groups is 2. The Bertz CT molecular complexity index is 969. The van der Waals surface area contributed by atoms with Crippen molar-refractivity contribution < 1.29 is 0 Å². The largest absolute Gasteiger partial charge is 0.370 e. The van der Waals surface area contributed by atoms with Crippen LogP contribution >= 0.6 is 34.9 Å². The van der Waals surface area contributed by atoms with Gasteiger partial charge in [-0.1, -0.05) is 59.9 Å². The summed E-state index contributed by atoms with van der Waals surface area (Å²) in [5.41, 5.74) is 4.89. The Balaban J connectivity index is 1.50. The van der Waals surface area contributed by atoms with Crippen LogP contribution < -0.4 is 10.2 Å². The van der Waals surface area contributed by atoms with Crippen molar-refractivity contribution in [2.75, 3.05) is 34.8 Å². The van der Waals surface area contributed by atoms with Crippen LogP contribution in [0.5, 0.6) is 0 Å². The summed E-state index contributed by atoms with van der Waals surface area (Å²) >= 11 is 5.44. The molecule has 3 aromatic rings. The van der Waals surface area contributed by atoms with Crippen LogP contribution in [0.4, 0.5) is 11.5 Å². The average Bonchev–Trinajstić information content (AvgIpc) is 3.25. The molecular formula is C22H27N5S3. The van der Waals surface area contributed by atoms with Crippen LogP contribution in [0, 0.1) is 6.92 Å². The zero-order chi connectivity index (χ0) is 20.8. The molecule has 158 valence electrons. The van der Waals surface area contributed by atoms with Crippen LogP contribution in [-0.2, 0) is 18.7 Å². The molecule has 1 fully saturated rings. The molecule has 0 saturated carbocycles. The highest BCUT2D eigenvalue weighted by atomic mass is 32.2. The van der Waals surface area contributed by atoms with Gasteiger partial charge in [-0.3, -0.25) is 0 Å². The fourth-order valence-electron chi connectivity index (χ4n) is 3.33. The molecule has 30 heavy (non-hydrogen) atoms. The predicted octanol–water partition coefficient (Wildman–Crippen LogP) is 5.26. The number of benzene rings is 1. The third-order valence-electron chi connectivity index (χ3n) is 4.89. The smallest absolute Gasteiger partial charge is 0.174 e. The maximum Gasteiger partial charge on any atom is 0.174 e. The molecule has 0 aliphatic carbocycles. The minimum Gasteiger partial charge on any atom is -0.370 e. The molecule has 0 radical (unpaired) electrons. The summed E-state index contributed by atoms with van der Waals surface area (Å²) in [6.45, 7) is 7.20. The Labute approximate surface area is 191 Å². The van der Waals surface area contributed by atoms with E-state index in [9.17, 15) is 0 Å². The van der Waals surface area contributed by atoms with Gasteiger partial charge in [0, 0.05) is 48.6 Å². The maximum atomic E-state index is 4.90. The number of anilines is 2. The zero-order valence-electron chi connectivity index (χ0n) is 17.4. The van der Waals surface area contributed by atoms with E-state index >= 15 is 0 Å². The van der Waals surface area contributed by atoms with E-state index in [2.05, 4.69) is 70.7 Å². The first-order valence-electron chi connectivity index (χ1n) is 10.3. The third kappa shape index (κ3) is 5.89. The van der Waals surface area contributed by atoms with E-state index in [1.54, 1.807) is 23.1 Å². The molecule has 0 bridgehead atoms. The van der Waals surface area contributed by atoms with Crippen LogP contribution in [0.1, 0.15) is 28.8 Å². The maximum absolute atomic E-state index is 4.90. The minimum absolute atomic E-state index is 0.775. The van der Waals surface area contributed by atoms with Crippen LogP contribution in [0.3, 0.4) is 0 Å². The molecule has 1 aromatic carbocycles. The van der Waals surface area contributed by atoms with E-state index in [-0.39, 0.29) is 0 Å². The van der Waals surface area contributed by atoms with E-state index < -0.39 is 0 Å². The highest BCUT2D eigenvalue weighted by Crippen LogP contribution is 2.29. The van der Waals surface area contributed by atoms with Crippen molar-refractivity contribution >= 4 is 46.4 Å². The van der Waals surface area contributed by atoms with Crippen molar-refractivity contribution in [1.82, 2.24) is 15.2 Å². The van der Waals surface area contributed by atoms with Gasteiger partial charge < -0.3 is 10.2 Å². The van der Waals surface area contributed by atoms with Crippen LogP contribution in [0.15, 0.2) is 40.7 Å². The highest BCUT2D eigenvalue weighted by molar-refractivity contribution is 8.00. The van der Waals surface area contributed by atoms with Crippen molar-refractivity contribution in [2.24, 2.45) is 0 Å². The second-order valence-electron chi connectivity index (χ2n) is 7.25. The third-order valence-corrected chi connectivity index (χ3v) is 8.07. The molecule has 1 aliphatic rings. The van der Waals surface area contributed by atoms with Gasteiger partial charge in [-0.25, -0.2) is 4.98 Å². The normalized spacial score (nSPS) is 14.1. The number of pyridine rings is 1. The molecule has 0 atom stereocenters. The molecule has 1 N–H and O–H groups in total. The lowest BCUT2D eigenvalue weighted by molar-refractivity contribution is 0.855. The number of hydrogen-bond donors (Lipinski definition) is 1. The molecule has 4 rings (SSSR count). The van der Waals surface area contributed by atoms with Gasteiger partial charge in [0.05, 0.1) is 5.69 Å². The Morgan fingerprint density at radius 3 is 2.77 bits per heavy atom. The lowest BCUT2D eigenvalue weighted by Crippen LogP contribution is -2.32. The summed E-state index contributed by atoms with van der Waals surface area (Å²) in [6, 6.07) is 13.0. The summed E-state index contributed by atoms with van der Waals surface area (Å²) < 4.78 is 1.02. The average molecular weight is 458 g/mol. The minimum atomic E-state index is 0.775. The van der Waals surface area contributed by atoms with Crippen molar-refractivity contribution in [3.05, 3.63) is 58.2 Å². The molecule has 3 heterocycles. The molecule has 1 aliphatic heterocycles. The van der Waals surface area contributed by atoms with E-state index in [0.29, 0.717) is 0 Å². The lowest BCUT2D eigenvalue weighted by Gasteiger charge is -2.29. The monoisotopic (exact) mass is 457 g/mol. The Morgan fingerprint density at radius 1 is 1.13 bits per heavy atom. The number of rotatable bonds is 8. The molecule has 1 saturated heterocycles. The SMILES string of the molecule is CCc1nnc(SCc2cc(N3CCSCC3)cc(NCc3cccc(C)c3)n2)s1.